The topological polar surface area (TPSA) is 58.9 Å². The standard InChI is InChI=1S/C30H38O4/c1-23(24-10-4-2-5-11-24)30-16-14-28(32)27(30)22-26(29(30)25-12-6-3-7-13-25)15-21-34-20-9-19-33-18-8-17-31/h2-7,10-13,27-28,31-32H,1,8-9,14-22H2. The van der Waals surface area contributed by atoms with Crippen LogP contribution >= 0.6 is 0 Å². The lowest BCUT2D eigenvalue weighted by molar-refractivity contribution is 0.0766. The van der Waals surface area contributed by atoms with Crippen molar-refractivity contribution in [3.8, 4) is 0 Å². The van der Waals surface area contributed by atoms with Gasteiger partial charge in [-0.3, -0.25) is 0 Å². The Morgan fingerprint density at radius 3 is 2.26 bits per heavy atom. The van der Waals surface area contributed by atoms with Gasteiger partial charge in [0.05, 0.1) is 12.7 Å². The van der Waals surface area contributed by atoms with Gasteiger partial charge in [0.2, 0.25) is 0 Å². The minimum Gasteiger partial charge on any atom is -0.396 e. The van der Waals surface area contributed by atoms with Gasteiger partial charge in [0.25, 0.3) is 0 Å². The maximum absolute atomic E-state index is 11.0. The first-order chi connectivity index (χ1) is 16.7. The minimum absolute atomic E-state index is 0.158. The van der Waals surface area contributed by atoms with Crippen LogP contribution in [0.1, 0.15) is 49.7 Å². The van der Waals surface area contributed by atoms with Gasteiger partial charge >= 0.3 is 0 Å². The second-order valence-corrected chi connectivity index (χ2v) is 9.48. The van der Waals surface area contributed by atoms with E-state index < -0.39 is 0 Å². The highest BCUT2D eigenvalue weighted by Gasteiger charge is 2.56. The average molecular weight is 463 g/mol. The molecule has 0 heterocycles. The number of aliphatic hydroxyl groups is 2. The van der Waals surface area contributed by atoms with Gasteiger partial charge in [0, 0.05) is 37.8 Å². The zero-order valence-electron chi connectivity index (χ0n) is 20.1. The summed E-state index contributed by atoms with van der Waals surface area (Å²) in [6.45, 7) is 7.39. The highest BCUT2D eigenvalue weighted by atomic mass is 16.5. The maximum Gasteiger partial charge on any atom is 0.0583 e. The summed E-state index contributed by atoms with van der Waals surface area (Å²) in [5.41, 5.74) is 6.05. The van der Waals surface area contributed by atoms with E-state index in [1.54, 1.807) is 0 Å². The molecule has 0 bridgehead atoms. The third-order valence-electron chi connectivity index (χ3n) is 7.49. The third-order valence-corrected chi connectivity index (χ3v) is 7.49. The summed E-state index contributed by atoms with van der Waals surface area (Å²) in [5, 5.41) is 19.9. The van der Waals surface area contributed by atoms with Gasteiger partial charge in [0.15, 0.2) is 0 Å². The number of ether oxygens (including phenoxy) is 2. The van der Waals surface area contributed by atoms with Crippen LogP contribution in [-0.2, 0) is 9.47 Å². The Labute approximate surface area is 203 Å². The maximum atomic E-state index is 11.0. The molecule has 1 fully saturated rings. The Hall–Kier alpha value is -2.24. The zero-order chi connectivity index (χ0) is 23.8. The van der Waals surface area contributed by atoms with Crippen molar-refractivity contribution < 1.29 is 19.7 Å². The van der Waals surface area contributed by atoms with E-state index in [2.05, 4.69) is 61.2 Å². The summed E-state index contributed by atoms with van der Waals surface area (Å²) in [7, 11) is 0. The minimum atomic E-state index is -0.311. The van der Waals surface area contributed by atoms with Crippen molar-refractivity contribution in [3.63, 3.8) is 0 Å². The van der Waals surface area contributed by atoms with Crippen LogP contribution in [0.2, 0.25) is 0 Å². The van der Waals surface area contributed by atoms with Crippen molar-refractivity contribution in [2.75, 3.05) is 33.0 Å². The molecule has 0 saturated heterocycles. The number of allylic oxidation sites excluding steroid dienone is 2. The summed E-state index contributed by atoms with van der Waals surface area (Å²) < 4.78 is 11.5. The molecule has 0 aliphatic heterocycles. The Morgan fingerprint density at radius 2 is 1.56 bits per heavy atom. The van der Waals surface area contributed by atoms with Crippen LogP contribution in [0.3, 0.4) is 0 Å². The molecule has 34 heavy (non-hydrogen) atoms. The van der Waals surface area contributed by atoms with Gasteiger partial charge in [-0.1, -0.05) is 72.8 Å². The molecule has 2 N–H and O–H groups in total. The number of hydrogen-bond donors (Lipinski definition) is 2. The van der Waals surface area contributed by atoms with Gasteiger partial charge in [-0.2, -0.15) is 0 Å². The molecule has 4 nitrogen and oxygen atoms in total. The average Bonchev–Trinajstić information content (AvgIpc) is 3.38. The largest absolute Gasteiger partial charge is 0.396 e. The molecule has 2 aliphatic rings. The Bertz CT molecular complexity index is 952. The summed E-state index contributed by atoms with van der Waals surface area (Å²) in [6, 6.07) is 21.1. The zero-order valence-corrected chi connectivity index (χ0v) is 20.1. The lowest BCUT2D eigenvalue weighted by atomic mass is 9.66. The quantitative estimate of drug-likeness (QED) is 0.385. The normalized spacial score (nSPS) is 23.9. The Kier molecular flexibility index (Phi) is 8.74. The molecule has 2 aliphatic carbocycles. The number of aliphatic hydroxyl groups excluding tert-OH is 2. The number of fused-ring (bicyclic) bond motifs is 1. The van der Waals surface area contributed by atoms with Crippen molar-refractivity contribution >= 4 is 11.1 Å². The lowest BCUT2D eigenvalue weighted by Crippen LogP contribution is -2.29. The van der Waals surface area contributed by atoms with Gasteiger partial charge in [0.1, 0.15) is 0 Å². The van der Waals surface area contributed by atoms with E-state index in [1.165, 1.54) is 16.7 Å². The van der Waals surface area contributed by atoms with Gasteiger partial charge < -0.3 is 19.7 Å². The van der Waals surface area contributed by atoms with Gasteiger partial charge in [-0.15, -0.1) is 0 Å². The van der Waals surface area contributed by atoms with Crippen molar-refractivity contribution in [2.45, 2.75) is 44.6 Å². The molecular weight excluding hydrogens is 424 g/mol. The van der Waals surface area contributed by atoms with Gasteiger partial charge in [-0.05, 0) is 60.8 Å². The molecule has 2 aromatic carbocycles. The van der Waals surface area contributed by atoms with Gasteiger partial charge in [-0.25, -0.2) is 0 Å². The fourth-order valence-electron chi connectivity index (χ4n) is 5.94. The van der Waals surface area contributed by atoms with E-state index in [1.807, 2.05) is 6.07 Å². The molecule has 182 valence electrons. The molecule has 0 spiro atoms. The van der Waals surface area contributed by atoms with E-state index in [-0.39, 0.29) is 24.0 Å². The fourth-order valence-corrected chi connectivity index (χ4v) is 5.94. The van der Waals surface area contributed by atoms with Crippen LogP contribution in [0.25, 0.3) is 11.1 Å². The monoisotopic (exact) mass is 462 g/mol. The van der Waals surface area contributed by atoms with E-state index in [4.69, 9.17) is 14.6 Å². The van der Waals surface area contributed by atoms with E-state index in [9.17, 15) is 5.11 Å². The summed E-state index contributed by atoms with van der Waals surface area (Å²) >= 11 is 0. The molecule has 0 radical (unpaired) electrons. The number of hydrogen-bond acceptors (Lipinski definition) is 4. The highest BCUT2D eigenvalue weighted by molar-refractivity contribution is 5.90. The van der Waals surface area contributed by atoms with Crippen molar-refractivity contribution in [2.24, 2.45) is 11.3 Å². The highest BCUT2D eigenvalue weighted by Crippen LogP contribution is 2.66. The van der Waals surface area contributed by atoms with Crippen molar-refractivity contribution in [3.05, 3.63) is 83.9 Å². The Balaban J connectivity index is 1.53. The van der Waals surface area contributed by atoms with Crippen molar-refractivity contribution in [1.29, 1.82) is 0 Å². The van der Waals surface area contributed by atoms with E-state index in [0.29, 0.717) is 32.8 Å². The molecule has 0 aromatic heterocycles. The predicted octanol–water partition coefficient (Wildman–Crippen LogP) is 5.51. The fraction of sp³-hybridized carbons (Fsp3) is 0.467. The van der Waals surface area contributed by atoms with Crippen LogP contribution in [0.5, 0.6) is 0 Å². The molecule has 4 heteroatoms. The third kappa shape index (κ3) is 5.21. The Morgan fingerprint density at radius 1 is 0.912 bits per heavy atom. The molecule has 3 unspecified atom stereocenters. The SMILES string of the molecule is C=C(c1ccccc1)C12CCC(O)C1CC(CCOCCCOCCCO)=C2c1ccccc1. The van der Waals surface area contributed by atoms with Crippen LogP contribution in [0.4, 0.5) is 0 Å². The first-order valence-electron chi connectivity index (χ1n) is 12.7. The smallest absolute Gasteiger partial charge is 0.0583 e. The van der Waals surface area contributed by atoms with Crippen LogP contribution < -0.4 is 0 Å². The van der Waals surface area contributed by atoms with Crippen LogP contribution in [0, 0.1) is 11.3 Å². The van der Waals surface area contributed by atoms with Crippen LogP contribution in [-0.4, -0.2) is 49.4 Å². The van der Waals surface area contributed by atoms with Crippen molar-refractivity contribution in [1.82, 2.24) is 0 Å². The van der Waals surface area contributed by atoms with E-state index in [0.717, 1.165) is 43.2 Å². The molecule has 2 aromatic rings. The summed E-state index contributed by atoms with van der Waals surface area (Å²) in [5.74, 6) is 0.158. The summed E-state index contributed by atoms with van der Waals surface area (Å²) in [4.78, 5) is 0. The first kappa shape index (κ1) is 24.9. The molecular formula is C30H38O4. The second-order valence-electron chi connectivity index (χ2n) is 9.48. The molecule has 3 atom stereocenters. The van der Waals surface area contributed by atoms with Crippen LogP contribution in [0.15, 0.2) is 72.8 Å². The second kappa shape index (κ2) is 11.9. The number of benzene rings is 2. The lowest BCUT2D eigenvalue weighted by Gasteiger charge is -2.37. The molecule has 4 rings (SSSR count). The number of rotatable bonds is 13. The predicted molar refractivity (Wildman–Crippen MR) is 137 cm³/mol. The molecule has 1 saturated carbocycles. The summed E-state index contributed by atoms with van der Waals surface area (Å²) in [6.07, 6.45) is 4.72. The molecule has 0 amide bonds. The first-order valence-corrected chi connectivity index (χ1v) is 12.7. The van der Waals surface area contributed by atoms with E-state index >= 15 is 0 Å².